The van der Waals surface area contributed by atoms with Crippen LogP contribution in [0.25, 0.3) is 0 Å². The number of rotatable bonds is 5. The van der Waals surface area contributed by atoms with E-state index in [1.807, 2.05) is 0 Å². The molecule has 0 radical (unpaired) electrons. The Morgan fingerprint density at radius 3 is 2.62 bits per heavy atom. The van der Waals surface area contributed by atoms with Crippen LogP contribution < -0.4 is 5.32 Å². The van der Waals surface area contributed by atoms with Crippen molar-refractivity contribution in [1.82, 2.24) is 10.2 Å². The molecule has 78 valence electrons. The van der Waals surface area contributed by atoms with Crippen LogP contribution in [0.3, 0.4) is 0 Å². The van der Waals surface area contributed by atoms with Gasteiger partial charge in [-0.25, -0.2) is 0 Å². The first-order valence-corrected chi connectivity index (χ1v) is 5.72. The summed E-state index contributed by atoms with van der Waals surface area (Å²) in [6.45, 7) is 7.29. The summed E-state index contributed by atoms with van der Waals surface area (Å²) < 4.78 is 0. The fourth-order valence-corrected chi connectivity index (χ4v) is 1.87. The Bertz CT molecular complexity index is 117. The lowest BCUT2D eigenvalue weighted by molar-refractivity contribution is 0.216. The van der Waals surface area contributed by atoms with E-state index >= 15 is 0 Å². The van der Waals surface area contributed by atoms with E-state index < -0.39 is 0 Å². The first-order chi connectivity index (χ1) is 6.33. The van der Waals surface area contributed by atoms with E-state index in [0.717, 1.165) is 5.92 Å². The molecule has 0 saturated carbocycles. The SMILES string of the molecule is CCCCNCC1CCN(C)CC1. The predicted molar refractivity (Wildman–Crippen MR) is 58.0 cm³/mol. The van der Waals surface area contributed by atoms with Gasteiger partial charge in [0.1, 0.15) is 0 Å². The first-order valence-electron chi connectivity index (χ1n) is 5.72. The molecule has 1 heterocycles. The molecule has 1 saturated heterocycles. The minimum atomic E-state index is 0.938. The summed E-state index contributed by atoms with van der Waals surface area (Å²) in [7, 11) is 2.22. The molecule has 0 aliphatic carbocycles. The number of piperidine rings is 1. The van der Waals surface area contributed by atoms with Crippen LogP contribution in [0, 0.1) is 5.92 Å². The number of hydrogen-bond acceptors (Lipinski definition) is 2. The highest BCUT2D eigenvalue weighted by Crippen LogP contribution is 2.14. The lowest BCUT2D eigenvalue weighted by atomic mass is 9.97. The van der Waals surface area contributed by atoms with E-state index in [0.29, 0.717) is 0 Å². The minimum Gasteiger partial charge on any atom is -0.316 e. The fraction of sp³-hybridized carbons (Fsp3) is 1.00. The number of hydrogen-bond donors (Lipinski definition) is 1. The summed E-state index contributed by atoms with van der Waals surface area (Å²) in [5.41, 5.74) is 0. The third kappa shape index (κ3) is 4.63. The maximum absolute atomic E-state index is 3.55. The van der Waals surface area contributed by atoms with Crippen LogP contribution in [0.5, 0.6) is 0 Å². The van der Waals surface area contributed by atoms with E-state index in [2.05, 4.69) is 24.2 Å². The maximum atomic E-state index is 3.55. The van der Waals surface area contributed by atoms with E-state index in [1.165, 1.54) is 51.9 Å². The second-order valence-corrected chi connectivity index (χ2v) is 4.30. The van der Waals surface area contributed by atoms with Crippen molar-refractivity contribution in [2.45, 2.75) is 32.6 Å². The van der Waals surface area contributed by atoms with E-state index in [4.69, 9.17) is 0 Å². The summed E-state index contributed by atoms with van der Waals surface area (Å²) in [5, 5.41) is 3.55. The monoisotopic (exact) mass is 184 g/mol. The zero-order chi connectivity index (χ0) is 9.52. The number of nitrogens with zero attached hydrogens (tertiary/aromatic N) is 1. The molecule has 1 aliphatic heterocycles. The summed E-state index contributed by atoms with van der Waals surface area (Å²) in [6, 6.07) is 0. The Hall–Kier alpha value is -0.0800. The molecular weight excluding hydrogens is 160 g/mol. The minimum absolute atomic E-state index is 0.938. The molecular formula is C11H24N2. The predicted octanol–water partition coefficient (Wildman–Crippen LogP) is 1.72. The summed E-state index contributed by atoms with van der Waals surface area (Å²) >= 11 is 0. The quantitative estimate of drug-likeness (QED) is 0.654. The van der Waals surface area contributed by atoms with Crippen LogP contribution in [0.1, 0.15) is 32.6 Å². The number of nitrogens with one attached hydrogen (secondary N) is 1. The number of likely N-dealkylation sites (tertiary alicyclic amines) is 1. The van der Waals surface area contributed by atoms with Crippen molar-refractivity contribution < 1.29 is 0 Å². The van der Waals surface area contributed by atoms with Gasteiger partial charge in [-0.3, -0.25) is 0 Å². The Balaban J connectivity index is 1.96. The zero-order valence-corrected chi connectivity index (χ0v) is 9.18. The molecule has 0 spiro atoms. The zero-order valence-electron chi connectivity index (χ0n) is 9.18. The molecule has 0 aromatic heterocycles. The smallest absolute Gasteiger partial charge is 0.00187 e. The van der Waals surface area contributed by atoms with Gasteiger partial charge in [0.2, 0.25) is 0 Å². The van der Waals surface area contributed by atoms with Gasteiger partial charge >= 0.3 is 0 Å². The average molecular weight is 184 g/mol. The molecule has 0 aromatic rings. The standard InChI is InChI=1S/C11H24N2/c1-3-4-7-12-10-11-5-8-13(2)9-6-11/h11-12H,3-10H2,1-2H3. The Kier molecular flexibility index (Phi) is 5.40. The summed E-state index contributed by atoms with van der Waals surface area (Å²) in [6.07, 6.45) is 5.40. The average Bonchev–Trinajstić information content (AvgIpc) is 2.15. The van der Waals surface area contributed by atoms with Gasteiger partial charge < -0.3 is 10.2 Å². The van der Waals surface area contributed by atoms with Crippen LogP contribution in [0.15, 0.2) is 0 Å². The number of unbranched alkanes of at least 4 members (excludes halogenated alkanes) is 1. The molecule has 1 N–H and O–H groups in total. The Morgan fingerprint density at radius 1 is 1.31 bits per heavy atom. The molecule has 1 fully saturated rings. The first kappa shape index (κ1) is 11.0. The van der Waals surface area contributed by atoms with E-state index in [9.17, 15) is 0 Å². The van der Waals surface area contributed by atoms with Gasteiger partial charge in [-0.05, 0) is 58.4 Å². The third-order valence-corrected chi connectivity index (χ3v) is 2.98. The van der Waals surface area contributed by atoms with Crippen LogP contribution in [-0.4, -0.2) is 38.1 Å². The fourth-order valence-electron chi connectivity index (χ4n) is 1.87. The van der Waals surface area contributed by atoms with Crippen molar-refractivity contribution in [3.8, 4) is 0 Å². The third-order valence-electron chi connectivity index (χ3n) is 2.98. The van der Waals surface area contributed by atoms with Crippen molar-refractivity contribution in [3.63, 3.8) is 0 Å². The van der Waals surface area contributed by atoms with Crippen molar-refractivity contribution in [1.29, 1.82) is 0 Å². The molecule has 0 aromatic carbocycles. The van der Waals surface area contributed by atoms with Gasteiger partial charge in [-0.1, -0.05) is 13.3 Å². The van der Waals surface area contributed by atoms with Gasteiger partial charge in [0.05, 0.1) is 0 Å². The van der Waals surface area contributed by atoms with Gasteiger partial charge in [0, 0.05) is 0 Å². The lowest BCUT2D eigenvalue weighted by Gasteiger charge is -2.29. The van der Waals surface area contributed by atoms with Gasteiger partial charge in [-0.2, -0.15) is 0 Å². The van der Waals surface area contributed by atoms with Crippen molar-refractivity contribution in [2.24, 2.45) is 5.92 Å². The summed E-state index contributed by atoms with van der Waals surface area (Å²) in [4.78, 5) is 2.43. The Labute approximate surface area is 82.7 Å². The lowest BCUT2D eigenvalue weighted by Crippen LogP contribution is -2.35. The molecule has 0 unspecified atom stereocenters. The summed E-state index contributed by atoms with van der Waals surface area (Å²) in [5.74, 6) is 0.938. The van der Waals surface area contributed by atoms with Gasteiger partial charge in [0.25, 0.3) is 0 Å². The molecule has 13 heavy (non-hydrogen) atoms. The van der Waals surface area contributed by atoms with Crippen molar-refractivity contribution in [3.05, 3.63) is 0 Å². The van der Waals surface area contributed by atoms with Gasteiger partial charge in [-0.15, -0.1) is 0 Å². The van der Waals surface area contributed by atoms with Crippen LogP contribution >= 0.6 is 0 Å². The normalized spacial score (nSPS) is 20.8. The largest absolute Gasteiger partial charge is 0.316 e. The van der Waals surface area contributed by atoms with E-state index in [-0.39, 0.29) is 0 Å². The van der Waals surface area contributed by atoms with Crippen molar-refractivity contribution >= 4 is 0 Å². The second kappa shape index (κ2) is 6.39. The van der Waals surface area contributed by atoms with Crippen LogP contribution in [-0.2, 0) is 0 Å². The van der Waals surface area contributed by atoms with Crippen LogP contribution in [0.4, 0.5) is 0 Å². The maximum Gasteiger partial charge on any atom is -0.00187 e. The van der Waals surface area contributed by atoms with E-state index in [1.54, 1.807) is 0 Å². The Morgan fingerprint density at radius 2 is 2.00 bits per heavy atom. The molecule has 2 heteroatoms. The molecule has 1 aliphatic rings. The molecule has 1 rings (SSSR count). The molecule has 0 atom stereocenters. The van der Waals surface area contributed by atoms with Gasteiger partial charge in [0.15, 0.2) is 0 Å². The highest BCUT2D eigenvalue weighted by atomic mass is 15.1. The van der Waals surface area contributed by atoms with Crippen molar-refractivity contribution in [2.75, 3.05) is 33.2 Å². The highest BCUT2D eigenvalue weighted by Gasteiger charge is 2.15. The molecule has 0 amide bonds. The molecule has 2 nitrogen and oxygen atoms in total. The molecule has 0 bridgehead atoms. The topological polar surface area (TPSA) is 15.3 Å². The van der Waals surface area contributed by atoms with Crippen LogP contribution in [0.2, 0.25) is 0 Å². The highest BCUT2D eigenvalue weighted by molar-refractivity contribution is 4.71. The second-order valence-electron chi connectivity index (χ2n) is 4.30.